The highest BCUT2D eigenvalue weighted by atomic mass is 16.5. The fourth-order valence-corrected chi connectivity index (χ4v) is 0.706. The van der Waals surface area contributed by atoms with Gasteiger partial charge in [0.05, 0.1) is 19.6 Å². The van der Waals surface area contributed by atoms with Gasteiger partial charge in [0.1, 0.15) is 0 Å². The van der Waals surface area contributed by atoms with Crippen LogP contribution in [-0.2, 0) is 14.3 Å². The second kappa shape index (κ2) is 6.42. The summed E-state index contributed by atoms with van der Waals surface area (Å²) in [7, 11) is 1.31. The number of hydrogen-bond donors (Lipinski definition) is 2. The lowest BCUT2D eigenvalue weighted by Crippen LogP contribution is -2.40. The molecule has 0 aliphatic heterocycles. The minimum Gasteiger partial charge on any atom is -0.469 e. The lowest BCUT2D eigenvalue weighted by molar-refractivity contribution is -0.140. The van der Waals surface area contributed by atoms with Crippen LogP contribution in [0.1, 0.15) is 19.8 Å². The monoisotopic (exact) mass is 188 g/mol. The Hall–Kier alpha value is -1.10. The summed E-state index contributed by atoms with van der Waals surface area (Å²) in [5.41, 5.74) is 5.44. The highest BCUT2D eigenvalue weighted by Crippen LogP contribution is 1.86. The van der Waals surface area contributed by atoms with Gasteiger partial charge in [0.2, 0.25) is 5.91 Å². The molecule has 0 aromatic rings. The van der Waals surface area contributed by atoms with Crippen molar-refractivity contribution in [3.05, 3.63) is 0 Å². The molecule has 1 amide bonds. The minimum atomic E-state index is -0.488. The molecule has 3 N–H and O–H groups in total. The van der Waals surface area contributed by atoms with E-state index in [-0.39, 0.29) is 24.8 Å². The van der Waals surface area contributed by atoms with E-state index >= 15 is 0 Å². The second-order valence-corrected chi connectivity index (χ2v) is 2.63. The molecular formula is C8H16N2O3. The Labute approximate surface area is 77.6 Å². The molecular weight excluding hydrogens is 172 g/mol. The van der Waals surface area contributed by atoms with Gasteiger partial charge >= 0.3 is 5.97 Å². The first kappa shape index (κ1) is 11.9. The van der Waals surface area contributed by atoms with Crippen molar-refractivity contribution in [1.82, 2.24) is 5.32 Å². The van der Waals surface area contributed by atoms with Gasteiger partial charge in [-0.1, -0.05) is 6.92 Å². The van der Waals surface area contributed by atoms with Crippen LogP contribution in [0.5, 0.6) is 0 Å². The van der Waals surface area contributed by atoms with Crippen molar-refractivity contribution in [1.29, 1.82) is 0 Å². The van der Waals surface area contributed by atoms with Crippen molar-refractivity contribution < 1.29 is 14.3 Å². The Kier molecular flexibility index (Phi) is 5.88. The molecule has 1 atom stereocenters. The van der Waals surface area contributed by atoms with E-state index in [0.717, 1.165) is 0 Å². The van der Waals surface area contributed by atoms with Crippen molar-refractivity contribution in [2.45, 2.75) is 25.8 Å². The maximum absolute atomic E-state index is 11.1. The van der Waals surface area contributed by atoms with Gasteiger partial charge in [-0.3, -0.25) is 9.59 Å². The topological polar surface area (TPSA) is 81.4 Å². The summed E-state index contributed by atoms with van der Waals surface area (Å²) >= 11 is 0. The van der Waals surface area contributed by atoms with Crippen molar-refractivity contribution in [3.8, 4) is 0 Å². The predicted octanol–water partition coefficient (Wildman–Crippen LogP) is -0.597. The Balaban J connectivity index is 3.53. The van der Waals surface area contributed by atoms with Crippen LogP contribution in [0.4, 0.5) is 0 Å². The number of rotatable bonds is 5. The fourth-order valence-electron chi connectivity index (χ4n) is 0.706. The SMILES string of the molecule is CC[C@H](N)C(=O)NCCC(=O)OC. The van der Waals surface area contributed by atoms with Crippen molar-refractivity contribution in [3.63, 3.8) is 0 Å². The third-order valence-corrected chi connectivity index (χ3v) is 1.63. The largest absolute Gasteiger partial charge is 0.469 e. The fraction of sp³-hybridized carbons (Fsp3) is 0.750. The van der Waals surface area contributed by atoms with Crippen LogP contribution in [0, 0.1) is 0 Å². The van der Waals surface area contributed by atoms with E-state index in [1.54, 1.807) is 0 Å². The molecule has 0 spiro atoms. The molecule has 0 aromatic heterocycles. The zero-order chi connectivity index (χ0) is 10.3. The van der Waals surface area contributed by atoms with Crippen molar-refractivity contribution in [2.75, 3.05) is 13.7 Å². The number of hydrogen-bond acceptors (Lipinski definition) is 4. The highest BCUT2D eigenvalue weighted by Gasteiger charge is 2.10. The van der Waals surface area contributed by atoms with E-state index in [0.29, 0.717) is 6.42 Å². The highest BCUT2D eigenvalue weighted by molar-refractivity contribution is 5.81. The predicted molar refractivity (Wildman–Crippen MR) is 47.9 cm³/mol. The minimum absolute atomic E-state index is 0.179. The molecule has 0 heterocycles. The average molecular weight is 188 g/mol. The first-order valence-corrected chi connectivity index (χ1v) is 4.22. The van der Waals surface area contributed by atoms with Crippen LogP contribution >= 0.6 is 0 Å². The maximum Gasteiger partial charge on any atom is 0.307 e. The third kappa shape index (κ3) is 5.19. The summed E-state index contributed by atoms with van der Waals surface area (Å²) in [6, 6.07) is -0.488. The lowest BCUT2D eigenvalue weighted by Gasteiger charge is -2.08. The van der Waals surface area contributed by atoms with E-state index in [1.165, 1.54) is 7.11 Å². The summed E-state index contributed by atoms with van der Waals surface area (Å²) in [6.45, 7) is 2.10. The summed E-state index contributed by atoms with van der Waals surface area (Å²) in [5, 5.41) is 2.53. The molecule has 0 saturated carbocycles. The molecule has 13 heavy (non-hydrogen) atoms. The van der Waals surface area contributed by atoms with Gasteiger partial charge < -0.3 is 15.8 Å². The smallest absolute Gasteiger partial charge is 0.307 e. The standard InChI is InChI=1S/C8H16N2O3/c1-3-6(9)8(12)10-5-4-7(11)13-2/h6H,3-5,9H2,1-2H3,(H,10,12)/t6-/m0/s1. The molecule has 0 fully saturated rings. The molecule has 0 rings (SSSR count). The molecule has 0 bridgehead atoms. The second-order valence-electron chi connectivity index (χ2n) is 2.63. The van der Waals surface area contributed by atoms with Gasteiger partial charge in [0, 0.05) is 6.54 Å². The van der Waals surface area contributed by atoms with E-state index in [1.807, 2.05) is 6.92 Å². The number of methoxy groups -OCH3 is 1. The zero-order valence-electron chi connectivity index (χ0n) is 8.00. The molecule has 0 unspecified atom stereocenters. The van der Waals surface area contributed by atoms with Crippen molar-refractivity contribution >= 4 is 11.9 Å². The maximum atomic E-state index is 11.1. The number of amides is 1. The Bertz CT molecular complexity index is 182. The molecule has 0 aliphatic carbocycles. The summed E-state index contributed by atoms with van der Waals surface area (Å²) in [4.78, 5) is 21.7. The summed E-state index contributed by atoms with van der Waals surface area (Å²) in [5.74, 6) is -0.572. The van der Waals surface area contributed by atoms with Crippen LogP contribution in [0.15, 0.2) is 0 Å². The molecule has 0 saturated heterocycles. The normalized spacial score (nSPS) is 11.9. The van der Waals surface area contributed by atoms with Crippen LogP contribution in [0.2, 0.25) is 0 Å². The zero-order valence-corrected chi connectivity index (χ0v) is 8.00. The molecule has 76 valence electrons. The van der Waals surface area contributed by atoms with Crippen LogP contribution in [-0.4, -0.2) is 31.6 Å². The van der Waals surface area contributed by atoms with E-state index in [2.05, 4.69) is 10.1 Å². The van der Waals surface area contributed by atoms with E-state index < -0.39 is 6.04 Å². The number of nitrogens with one attached hydrogen (secondary N) is 1. The molecule has 5 heteroatoms. The van der Waals surface area contributed by atoms with Crippen LogP contribution < -0.4 is 11.1 Å². The average Bonchev–Trinajstić information content (AvgIpc) is 2.15. The summed E-state index contributed by atoms with van der Waals surface area (Å²) in [6.07, 6.45) is 0.767. The number of carbonyl (C=O) groups is 2. The van der Waals surface area contributed by atoms with Gasteiger partial charge in [0.25, 0.3) is 0 Å². The molecule has 0 radical (unpaired) electrons. The summed E-state index contributed by atoms with van der Waals surface area (Å²) < 4.78 is 4.40. The number of carbonyl (C=O) groups excluding carboxylic acids is 2. The molecule has 5 nitrogen and oxygen atoms in total. The number of ether oxygens (including phenoxy) is 1. The molecule has 0 aromatic carbocycles. The van der Waals surface area contributed by atoms with E-state index in [4.69, 9.17) is 5.73 Å². The number of esters is 1. The number of nitrogens with two attached hydrogens (primary N) is 1. The van der Waals surface area contributed by atoms with Gasteiger partial charge in [-0.15, -0.1) is 0 Å². The first-order valence-electron chi connectivity index (χ1n) is 4.22. The lowest BCUT2D eigenvalue weighted by atomic mass is 10.2. The van der Waals surface area contributed by atoms with Gasteiger partial charge in [-0.2, -0.15) is 0 Å². The quantitative estimate of drug-likeness (QED) is 0.565. The first-order chi connectivity index (χ1) is 6.11. The Morgan fingerprint density at radius 2 is 2.15 bits per heavy atom. The van der Waals surface area contributed by atoms with Gasteiger partial charge in [0.15, 0.2) is 0 Å². The van der Waals surface area contributed by atoms with Crippen LogP contribution in [0.3, 0.4) is 0 Å². The van der Waals surface area contributed by atoms with Crippen molar-refractivity contribution in [2.24, 2.45) is 5.73 Å². The van der Waals surface area contributed by atoms with E-state index in [9.17, 15) is 9.59 Å². The van der Waals surface area contributed by atoms with Gasteiger partial charge in [-0.25, -0.2) is 0 Å². The van der Waals surface area contributed by atoms with Crippen LogP contribution in [0.25, 0.3) is 0 Å². The molecule has 0 aliphatic rings. The Morgan fingerprint density at radius 1 is 1.54 bits per heavy atom. The Morgan fingerprint density at radius 3 is 2.62 bits per heavy atom. The third-order valence-electron chi connectivity index (χ3n) is 1.63. The van der Waals surface area contributed by atoms with Gasteiger partial charge in [-0.05, 0) is 6.42 Å².